The minimum absolute atomic E-state index is 0.0513. The van der Waals surface area contributed by atoms with Gasteiger partial charge in [0.05, 0.1) is 7.11 Å². The van der Waals surface area contributed by atoms with E-state index in [-0.39, 0.29) is 11.8 Å². The van der Waals surface area contributed by atoms with Crippen molar-refractivity contribution >= 4 is 11.6 Å². The summed E-state index contributed by atoms with van der Waals surface area (Å²) >= 11 is 0. The molecule has 1 aliphatic heterocycles. The van der Waals surface area contributed by atoms with Gasteiger partial charge in [-0.05, 0) is 55.3 Å². The van der Waals surface area contributed by atoms with Crippen LogP contribution >= 0.6 is 0 Å². The maximum Gasteiger partial charge on any atom is 0.227 e. The quantitative estimate of drug-likeness (QED) is 0.617. The van der Waals surface area contributed by atoms with Gasteiger partial charge in [0.1, 0.15) is 5.75 Å². The van der Waals surface area contributed by atoms with Gasteiger partial charge in [-0.15, -0.1) is 0 Å². The summed E-state index contributed by atoms with van der Waals surface area (Å²) in [6.45, 7) is 2.85. The summed E-state index contributed by atoms with van der Waals surface area (Å²) in [5.41, 5.74) is 4.21. The number of nitrogens with zero attached hydrogens (tertiary/aromatic N) is 1. The summed E-state index contributed by atoms with van der Waals surface area (Å²) in [7, 11) is 1.66. The van der Waals surface area contributed by atoms with Crippen molar-refractivity contribution in [3.8, 4) is 16.9 Å². The van der Waals surface area contributed by atoms with E-state index in [1.165, 1.54) is 5.56 Å². The Hall–Kier alpha value is -3.11. The maximum absolute atomic E-state index is 13.0. The van der Waals surface area contributed by atoms with E-state index in [2.05, 4.69) is 34.5 Å². The van der Waals surface area contributed by atoms with Crippen molar-refractivity contribution in [3.63, 3.8) is 0 Å². The zero-order chi connectivity index (χ0) is 20.8. The third kappa shape index (κ3) is 4.89. The molecule has 4 nitrogen and oxygen atoms in total. The minimum atomic E-state index is 0.0513. The number of para-hydroxylation sites is 1. The summed E-state index contributed by atoms with van der Waals surface area (Å²) in [6.07, 6.45) is 1.78. The van der Waals surface area contributed by atoms with E-state index in [0.29, 0.717) is 0 Å². The highest BCUT2D eigenvalue weighted by atomic mass is 16.5. The molecule has 1 heterocycles. The van der Waals surface area contributed by atoms with Gasteiger partial charge in [0.15, 0.2) is 0 Å². The van der Waals surface area contributed by atoms with Crippen molar-refractivity contribution in [3.05, 3.63) is 84.4 Å². The Morgan fingerprint density at radius 1 is 0.967 bits per heavy atom. The molecule has 1 N–H and O–H groups in total. The van der Waals surface area contributed by atoms with Crippen LogP contribution in [0.5, 0.6) is 5.75 Å². The Labute approximate surface area is 178 Å². The second-order valence-electron chi connectivity index (χ2n) is 7.80. The van der Waals surface area contributed by atoms with Crippen LogP contribution in [0.1, 0.15) is 18.4 Å². The number of rotatable bonds is 6. The first kappa shape index (κ1) is 20.2. The Kier molecular flexibility index (Phi) is 6.45. The van der Waals surface area contributed by atoms with E-state index in [1.807, 2.05) is 54.6 Å². The molecule has 3 aromatic rings. The number of carbonyl (C=O) groups is 1. The first-order valence-corrected chi connectivity index (χ1v) is 10.5. The molecule has 30 heavy (non-hydrogen) atoms. The van der Waals surface area contributed by atoms with Crippen LogP contribution in [0.2, 0.25) is 0 Å². The molecule has 0 saturated carbocycles. The molecule has 154 valence electrons. The van der Waals surface area contributed by atoms with Crippen molar-refractivity contribution in [2.24, 2.45) is 5.92 Å². The average Bonchev–Trinajstić information content (AvgIpc) is 2.80. The highest BCUT2D eigenvalue weighted by Crippen LogP contribution is 2.31. The van der Waals surface area contributed by atoms with Crippen molar-refractivity contribution < 1.29 is 9.53 Å². The van der Waals surface area contributed by atoms with Crippen LogP contribution in [0.4, 0.5) is 5.69 Å². The second kappa shape index (κ2) is 9.59. The summed E-state index contributed by atoms with van der Waals surface area (Å²) in [4.78, 5) is 15.4. The third-order valence-corrected chi connectivity index (χ3v) is 5.77. The molecular weight excluding hydrogens is 372 g/mol. The number of nitrogens with one attached hydrogen (secondary N) is 1. The SMILES string of the molecule is COc1cccc(-c2ccccc2NC(=O)C2CCN(Cc3ccccc3)CC2)c1. The largest absolute Gasteiger partial charge is 0.497 e. The topological polar surface area (TPSA) is 41.6 Å². The number of carbonyl (C=O) groups excluding carboxylic acids is 1. The number of hydrogen-bond donors (Lipinski definition) is 1. The lowest BCUT2D eigenvalue weighted by Gasteiger charge is -2.31. The predicted molar refractivity (Wildman–Crippen MR) is 122 cm³/mol. The Morgan fingerprint density at radius 2 is 1.70 bits per heavy atom. The van der Waals surface area contributed by atoms with Crippen LogP contribution < -0.4 is 10.1 Å². The van der Waals surface area contributed by atoms with Crippen molar-refractivity contribution in [1.29, 1.82) is 0 Å². The molecule has 0 aromatic heterocycles. The first-order chi connectivity index (χ1) is 14.7. The highest BCUT2D eigenvalue weighted by molar-refractivity contribution is 5.96. The van der Waals surface area contributed by atoms with Gasteiger partial charge >= 0.3 is 0 Å². The van der Waals surface area contributed by atoms with Gasteiger partial charge in [-0.1, -0.05) is 60.7 Å². The van der Waals surface area contributed by atoms with Gasteiger partial charge in [-0.3, -0.25) is 9.69 Å². The van der Waals surface area contributed by atoms with Crippen LogP contribution in [0.15, 0.2) is 78.9 Å². The van der Waals surface area contributed by atoms with Crippen molar-refractivity contribution in [2.45, 2.75) is 19.4 Å². The Bertz CT molecular complexity index is 979. The third-order valence-electron chi connectivity index (χ3n) is 5.77. The number of piperidine rings is 1. The molecule has 0 radical (unpaired) electrons. The predicted octanol–water partition coefficient (Wildman–Crippen LogP) is 5.21. The molecule has 4 rings (SSSR count). The van der Waals surface area contributed by atoms with Gasteiger partial charge in [0.25, 0.3) is 0 Å². The van der Waals surface area contributed by atoms with E-state index in [4.69, 9.17) is 4.74 Å². The van der Waals surface area contributed by atoms with E-state index >= 15 is 0 Å². The number of anilines is 1. The molecule has 1 aliphatic rings. The summed E-state index contributed by atoms with van der Waals surface area (Å²) in [5.74, 6) is 0.972. The maximum atomic E-state index is 13.0. The standard InChI is InChI=1S/C26H28N2O2/c1-30-23-11-7-10-22(18-23)24-12-5-6-13-25(24)27-26(29)21-14-16-28(17-15-21)19-20-8-3-2-4-9-20/h2-13,18,21H,14-17,19H2,1H3,(H,27,29). The number of methoxy groups -OCH3 is 1. The zero-order valence-corrected chi connectivity index (χ0v) is 17.4. The molecule has 1 fully saturated rings. The van der Waals surface area contributed by atoms with Crippen LogP contribution in [0.25, 0.3) is 11.1 Å². The normalized spacial score (nSPS) is 15.0. The number of amides is 1. The molecule has 4 heteroatoms. The minimum Gasteiger partial charge on any atom is -0.497 e. The fourth-order valence-corrected chi connectivity index (χ4v) is 4.06. The van der Waals surface area contributed by atoms with E-state index in [9.17, 15) is 4.79 Å². The molecule has 0 aliphatic carbocycles. The van der Waals surface area contributed by atoms with Crippen LogP contribution in [-0.2, 0) is 11.3 Å². The fraction of sp³-hybridized carbons (Fsp3) is 0.269. The lowest BCUT2D eigenvalue weighted by Crippen LogP contribution is -2.37. The second-order valence-corrected chi connectivity index (χ2v) is 7.80. The molecule has 0 bridgehead atoms. The van der Waals surface area contributed by atoms with E-state index < -0.39 is 0 Å². The number of likely N-dealkylation sites (tertiary alicyclic amines) is 1. The summed E-state index contributed by atoms with van der Waals surface area (Å²) < 4.78 is 5.35. The lowest BCUT2D eigenvalue weighted by molar-refractivity contribution is -0.121. The average molecular weight is 401 g/mol. The van der Waals surface area contributed by atoms with Gasteiger partial charge in [0, 0.05) is 23.7 Å². The van der Waals surface area contributed by atoms with Crippen LogP contribution in [0, 0.1) is 5.92 Å². The molecule has 1 amide bonds. The smallest absolute Gasteiger partial charge is 0.227 e. The van der Waals surface area contributed by atoms with Gasteiger partial charge in [0.2, 0.25) is 5.91 Å². The summed E-state index contributed by atoms with van der Waals surface area (Å²) in [6, 6.07) is 26.4. The zero-order valence-electron chi connectivity index (χ0n) is 17.4. The van der Waals surface area contributed by atoms with Crippen LogP contribution in [-0.4, -0.2) is 31.0 Å². The molecule has 1 saturated heterocycles. The highest BCUT2D eigenvalue weighted by Gasteiger charge is 2.25. The van der Waals surface area contributed by atoms with Crippen molar-refractivity contribution in [1.82, 2.24) is 4.90 Å². The van der Waals surface area contributed by atoms with Crippen molar-refractivity contribution in [2.75, 3.05) is 25.5 Å². The van der Waals surface area contributed by atoms with E-state index in [0.717, 1.165) is 55.0 Å². The Morgan fingerprint density at radius 3 is 2.47 bits per heavy atom. The summed E-state index contributed by atoms with van der Waals surface area (Å²) in [5, 5.41) is 3.18. The van der Waals surface area contributed by atoms with E-state index in [1.54, 1.807) is 7.11 Å². The van der Waals surface area contributed by atoms with Gasteiger partial charge < -0.3 is 10.1 Å². The van der Waals surface area contributed by atoms with Gasteiger partial charge in [-0.25, -0.2) is 0 Å². The monoisotopic (exact) mass is 400 g/mol. The molecule has 0 atom stereocenters. The van der Waals surface area contributed by atoms with Crippen LogP contribution in [0.3, 0.4) is 0 Å². The number of benzene rings is 3. The fourth-order valence-electron chi connectivity index (χ4n) is 4.06. The Balaban J connectivity index is 1.39. The first-order valence-electron chi connectivity index (χ1n) is 10.5. The number of ether oxygens (including phenoxy) is 1. The lowest BCUT2D eigenvalue weighted by atomic mass is 9.95. The molecule has 0 unspecified atom stereocenters. The number of hydrogen-bond acceptors (Lipinski definition) is 3. The molecule has 3 aromatic carbocycles. The van der Waals surface area contributed by atoms with Gasteiger partial charge in [-0.2, -0.15) is 0 Å². The molecule has 0 spiro atoms. The molecular formula is C26H28N2O2.